The monoisotopic (exact) mass is 318 g/mol. The van der Waals surface area contributed by atoms with E-state index in [1.807, 2.05) is 6.07 Å². The molecule has 4 heteroatoms. The summed E-state index contributed by atoms with van der Waals surface area (Å²) in [5.41, 5.74) is 0. The first-order valence-electron chi connectivity index (χ1n) is 6.08. The third kappa shape index (κ3) is 4.80. The lowest BCUT2D eigenvalue weighted by molar-refractivity contribution is 0.112. The predicted octanol–water partition coefficient (Wildman–Crippen LogP) is 4.92. The lowest BCUT2D eigenvalue weighted by Crippen LogP contribution is -2.11. The van der Waals surface area contributed by atoms with Crippen LogP contribution in [0.25, 0.3) is 0 Å². The number of carbonyl (C=O) groups is 1. The van der Waals surface area contributed by atoms with E-state index in [2.05, 4.69) is 29.8 Å². The summed E-state index contributed by atoms with van der Waals surface area (Å²) in [7, 11) is 0. The molecule has 0 aliphatic heterocycles. The lowest BCUT2D eigenvalue weighted by atomic mass is 10.0. The number of thiophene rings is 1. The molecule has 1 aromatic rings. The minimum absolute atomic E-state index is 0.591. The molecule has 0 aliphatic rings. The molecule has 1 aromatic heterocycles. The van der Waals surface area contributed by atoms with Crippen LogP contribution in [-0.4, -0.2) is 12.9 Å². The van der Waals surface area contributed by atoms with Crippen molar-refractivity contribution < 1.29 is 9.53 Å². The molecule has 17 heavy (non-hydrogen) atoms. The Balaban J connectivity index is 2.49. The molecule has 0 amide bonds. The molecule has 0 aliphatic carbocycles. The Morgan fingerprint density at radius 1 is 1.53 bits per heavy atom. The highest BCUT2D eigenvalue weighted by molar-refractivity contribution is 9.11. The Kier molecular flexibility index (Phi) is 6.82. The number of carbonyl (C=O) groups excluding carboxylic acids is 1. The number of hydrogen-bond donors (Lipinski definition) is 0. The molecular weight excluding hydrogens is 300 g/mol. The van der Waals surface area contributed by atoms with Gasteiger partial charge in [0.2, 0.25) is 0 Å². The van der Waals surface area contributed by atoms with Crippen molar-refractivity contribution in [2.24, 2.45) is 5.92 Å². The van der Waals surface area contributed by atoms with Crippen molar-refractivity contribution in [3.05, 3.63) is 14.7 Å². The second-order valence-electron chi connectivity index (χ2n) is 4.12. The summed E-state index contributed by atoms with van der Waals surface area (Å²) >= 11 is 4.78. The minimum Gasteiger partial charge on any atom is -0.492 e. The summed E-state index contributed by atoms with van der Waals surface area (Å²) in [6.45, 7) is 5.10. The van der Waals surface area contributed by atoms with E-state index >= 15 is 0 Å². The van der Waals surface area contributed by atoms with Gasteiger partial charge in [0.1, 0.15) is 10.6 Å². The molecule has 1 heterocycles. The standard InChI is InChI=1S/C13H19BrO2S/c1-3-5-6-10(4-2)9-16-11-7-13(14)17-12(11)8-15/h7-8,10H,3-6,9H2,1-2H3. The molecule has 0 saturated heterocycles. The van der Waals surface area contributed by atoms with Crippen LogP contribution in [0.5, 0.6) is 5.75 Å². The average Bonchev–Trinajstić information content (AvgIpc) is 2.70. The largest absolute Gasteiger partial charge is 0.492 e. The number of unbranched alkanes of at least 4 members (excludes halogenated alkanes) is 1. The third-order valence-corrected chi connectivity index (χ3v) is 4.36. The molecule has 2 nitrogen and oxygen atoms in total. The van der Waals surface area contributed by atoms with Crippen molar-refractivity contribution in [3.8, 4) is 5.75 Å². The van der Waals surface area contributed by atoms with Gasteiger partial charge in [0.15, 0.2) is 6.29 Å². The fourth-order valence-corrected chi connectivity index (χ4v) is 3.03. The highest BCUT2D eigenvalue weighted by atomic mass is 79.9. The highest BCUT2D eigenvalue weighted by Gasteiger charge is 2.11. The summed E-state index contributed by atoms with van der Waals surface area (Å²) < 4.78 is 6.69. The smallest absolute Gasteiger partial charge is 0.163 e. The summed E-state index contributed by atoms with van der Waals surface area (Å²) in [4.78, 5) is 11.5. The van der Waals surface area contributed by atoms with Crippen LogP contribution in [0.1, 0.15) is 49.2 Å². The lowest BCUT2D eigenvalue weighted by Gasteiger charge is -2.15. The molecule has 0 bridgehead atoms. The third-order valence-electron chi connectivity index (χ3n) is 2.82. The van der Waals surface area contributed by atoms with E-state index in [4.69, 9.17) is 4.74 Å². The quantitative estimate of drug-likeness (QED) is 0.636. The van der Waals surface area contributed by atoms with Crippen molar-refractivity contribution in [3.63, 3.8) is 0 Å². The molecular formula is C13H19BrO2S. The summed E-state index contributed by atoms with van der Waals surface area (Å²) in [5, 5.41) is 0. The van der Waals surface area contributed by atoms with Crippen molar-refractivity contribution >= 4 is 33.6 Å². The van der Waals surface area contributed by atoms with Gasteiger partial charge in [-0.3, -0.25) is 4.79 Å². The topological polar surface area (TPSA) is 26.3 Å². The number of ether oxygens (including phenoxy) is 1. The van der Waals surface area contributed by atoms with Gasteiger partial charge in [-0.25, -0.2) is 0 Å². The van der Waals surface area contributed by atoms with Crippen LogP contribution in [0.4, 0.5) is 0 Å². The molecule has 96 valence electrons. The van der Waals surface area contributed by atoms with E-state index < -0.39 is 0 Å². The Hall–Kier alpha value is -0.350. The first-order chi connectivity index (χ1) is 8.21. The van der Waals surface area contributed by atoms with Gasteiger partial charge in [0.05, 0.1) is 10.4 Å². The van der Waals surface area contributed by atoms with Gasteiger partial charge in [-0.2, -0.15) is 0 Å². The average molecular weight is 319 g/mol. The van der Waals surface area contributed by atoms with E-state index in [0.717, 1.165) is 16.5 Å². The van der Waals surface area contributed by atoms with Gasteiger partial charge in [0, 0.05) is 6.07 Å². The van der Waals surface area contributed by atoms with Crippen LogP contribution >= 0.6 is 27.3 Å². The zero-order valence-corrected chi connectivity index (χ0v) is 12.8. The van der Waals surface area contributed by atoms with E-state index in [0.29, 0.717) is 23.2 Å². The van der Waals surface area contributed by atoms with Gasteiger partial charge < -0.3 is 4.74 Å². The van der Waals surface area contributed by atoms with Gasteiger partial charge in [-0.15, -0.1) is 11.3 Å². The van der Waals surface area contributed by atoms with Crippen molar-refractivity contribution in [1.82, 2.24) is 0 Å². The first kappa shape index (κ1) is 14.7. The van der Waals surface area contributed by atoms with Gasteiger partial charge in [-0.1, -0.05) is 33.1 Å². The minimum atomic E-state index is 0.591. The first-order valence-corrected chi connectivity index (χ1v) is 7.69. The summed E-state index contributed by atoms with van der Waals surface area (Å²) in [6, 6.07) is 1.88. The highest BCUT2D eigenvalue weighted by Crippen LogP contribution is 2.32. The molecule has 1 rings (SSSR count). The molecule has 0 spiro atoms. The number of aldehydes is 1. The Bertz CT molecular complexity index is 349. The number of halogens is 1. The Labute approximate surface area is 115 Å². The van der Waals surface area contributed by atoms with E-state index in [-0.39, 0.29) is 0 Å². The van der Waals surface area contributed by atoms with Crippen LogP contribution < -0.4 is 4.74 Å². The second kappa shape index (κ2) is 7.88. The van der Waals surface area contributed by atoms with E-state index in [9.17, 15) is 4.79 Å². The Morgan fingerprint density at radius 3 is 2.88 bits per heavy atom. The number of rotatable bonds is 8. The zero-order valence-electron chi connectivity index (χ0n) is 10.4. The molecule has 0 aromatic carbocycles. The van der Waals surface area contributed by atoms with Crippen molar-refractivity contribution in [2.45, 2.75) is 39.5 Å². The normalized spacial score (nSPS) is 12.4. The van der Waals surface area contributed by atoms with Crippen LogP contribution in [0, 0.1) is 5.92 Å². The van der Waals surface area contributed by atoms with Gasteiger partial charge in [-0.05, 0) is 28.3 Å². The second-order valence-corrected chi connectivity index (χ2v) is 6.59. The van der Waals surface area contributed by atoms with E-state index in [1.54, 1.807) is 0 Å². The fourth-order valence-electron chi connectivity index (χ4n) is 1.66. The van der Waals surface area contributed by atoms with Crippen LogP contribution in [0.15, 0.2) is 9.85 Å². The summed E-state index contributed by atoms with van der Waals surface area (Å²) in [6.07, 6.45) is 5.66. The summed E-state index contributed by atoms with van der Waals surface area (Å²) in [5.74, 6) is 1.31. The molecule has 1 unspecified atom stereocenters. The van der Waals surface area contributed by atoms with Gasteiger partial charge >= 0.3 is 0 Å². The van der Waals surface area contributed by atoms with Gasteiger partial charge in [0.25, 0.3) is 0 Å². The maximum absolute atomic E-state index is 10.8. The molecule has 0 radical (unpaired) electrons. The molecule has 0 N–H and O–H groups in total. The van der Waals surface area contributed by atoms with Crippen LogP contribution in [0.3, 0.4) is 0 Å². The SMILES string of the molecule is CCCCC(CC)COc1cc(Br)sc1C=O. The molecule has 0 saturated carbocycles. The number of hydrogen-bond acceptors (Lipinski definition) is 3. The van der Waals surface area contributed by atoms with Crippen molar-refractivity contribution in [2.75, 3.05) is 6.61 Å². The molecule has 0 fully saturated rings. The predicted molar refractivity (Wildman–Crippen MR) is 76.2 cm³/mol. The maximum Gasteiger partial charge on any atom is 0.163 e. The van der Waals surface area contributed by atoms with E-state index in [1.165, 1.54) is 30.6 Å². The zero-order chi connectivity index (χ0) is 12.7. The maximum atomic E-state index is 10.8. The fraction of sp³-hybridized carbons (Fsp3) is 0.615. The van der Waals surface area contributed by atoms with Crippen LogP contribution in [0.2, 0.25) is 0 Å². The Morgan fingerprint density at radius 2 is 2.29 bits per heavy atom. The van der Waals surface area contributed by atoms with Crippen molar-refractivity contribution in [1.29, 1.82) is 0 Å². The molecule has 1 atom stereocenters. The van der Waals surface area contributed by atoms with Crippen LogP contribution in [-0.2, 0) is 0 Å².